The van der Waals surface area contributed by atoms with Gasteiger partial charge in [0.05, 0.1) is 6.07 Å². The first-order valence-corrected chi connectivity index (χ1v) is 5.62. The van der Waals surface area contributed by atoms with Gasteiger partial charge in [0.25, 0.3) is 0 Å². The van der Waals surface area contributed by atoms with E-state index in [1.807, 2.05) is 0 Å². The van der Waals surface area contributed by atoms with E-state index in [1.54, 1.807) is 0 Å². The summed E-state index contributed by atoms with van der Waals surface area (Å²) >= 11 is 0. The molecule has 2 N–H and O–H groups in total. The Morgan fingerprint density at radius 3 is 3.13 bits per heavy atom. The van der Waals surface area contributed by atoms with Gasteiger partial charge in [0.2, 0.25) is 5.91 Å². The van der Waals surface area contributed by atoms with Crippen LogP contribution in [0, 0.1) is 17.2 Å². The molecule has 1 rings (SSSR count). The van der Waals surface area contributed by atoms with E-state index in [4.69, 9.17) is 5.26 Å². The molecule has 0 aromatic heterocycles. The van der Waals surface area contributed by atoms with Crippen molar-refractivity contribution in [2.24, 2.45) is 5.92 Å². The first-order chi connectivity index (χ1) is 7.24. The molecule has 1 fully saturated rings. The third-order valence-corrected chi connectivity index (χ3v) is 2.76. The summed E-state index contributed by atoms with van der Waals surface area (Å²) in [6, 6.07) is 2.51. The van der Waals surface area contributed by atoms with Crippen LogP contribution in [0.5, 0.6) is 0 Å². The van der Waals surface area contributed by atoms with Crippen molar-refractivity contribution in [3.8, 4) is 6.07 Å². The monoisotopic (exact) mass is 209 g/mol. The molecule has 0 saturated carbocycles. The van der Waals surface area contributed by atoms with Crippen molar-refractivity contribution in [3.05, 3.63) is 0 Å². The molecule has 4 heteroatoms. The summed E-state index contributed by atoms with van der Waals surface area (Å²) in [5, 5.41) is 14.6. The maximum atomic E-state index is 11.7. The number of rotatable bonds is 4. The van der Waals surface area contributed by atoms with Gasteiger partial charge >= 0.3 is 0 Å². The number of amides is 1. The molecule has 1 saturated heterocycles. The topological polar surface area (TPSA) is 64.9 Å². The number of piperidine rings is 1. The van der Waals surface area contributed by atoms with Crippen LogP contribution in [0.4, 0.5) is 0 Å². The molecule has 4 nitrogen and oxygen atoms in total. The number of carbonyl (C=O) groups excluding carboxylic acids is 1. The second-order valence-electron chi connectivity index (χ2n) is 4.13. The van der Waals surface area contributed by atoms with E-state index >= 15 is 0 Å². The van der Waals surface area contributed by atoms with Crippen molar-refractivity contribution in [1.29, 1.82) is 5.26 Å². The molecule has 0 radical (unpaired) electrons. The Kier molecular flexibility index (Phi) is 5.13. The summed E-state index contributed by atoms with van der Waals surface area (Å²) in [6.45, 7) is 3.66. The fourth-order valence-electron chi connectivity index (χ4n) is 1.89. The fourth-order valence-corrected chi connectivity index (χ4v) is 1.89. The van der Waals surface area contributed by atoms with Crippen LogP contribution in [0.15, 0.2) is 0 Å². The third-order valence-electron chi connectivity index (χ3n) is 2.76. The molecule has 1 aliphatic rings. The fraction of sp³-hybridized carbons (Fsp3) is 0.818. The van der Waals surface area contributed by atoms with Crippen LogP contribution in [0.25, 0.3) is 0 Å². The summed E-state index contributed by atoms with van der Waals surface area (Å²) < 4.78 is 0. The van der Waals surface area contributed by atoms with Crippen LogP contribution in [-0.4, -0.2) is 25.0 Å². The Hall–Kier alpha value is -1.08. The average molecular weight is 209 g/mol. The van der Waals surface area contributed by atoms with E-state index in [0.29, 0.717) is 19.0 Å². The lowest BCUT2D eigenvalue weighted by Gasteiger charge is -2.27. The van der Waals surface area contributed by atoms with Crippen molar-refractivity contribution in [3.63, 3.8) is 0 Å². The first-order valence-electron chi connectivity index (χ1n) is 5.62. The van der Waals surface area contributed by atoms with Crippen LogP contribution in [-0.2, 0) is 4.79 Å². The second-order valence-corrected chi connectivity index (χ2v) is 4.13. The molecule has 0 aromatic rings. The second kappa shape index (κ2) is 6.41. The van der Waals surface area contributed by atoms with E-state index in [9.17, 15) is 4.79 Å². The van der Waals surface area contributed by atoms with E-state index < -0.39 is 0 Å². The van der Waals surface area contributed by atoms with Gasteiger partial charge < -0.3 is 10.6 Å². The molecule has 2 unspecified atom stereocenters. The average Bonchev–Trinajstić information content (AvgIpc) is 2.24. The van der Waals surface area contributed by atoms with E-state index in [-0.39, 0.29) is 11.8 Å². The zero-order valence-corrected chi connectivity index (χ0v) is 9.25. The number of unbranched alkanes of at least 4 members (excludes halogenated alkanes) is 1. The first kappa shape index (κ1) is 12.0. The minimum Gasteiger partial charge on any atom is -0.356 e. The summed E-state index contributed by atoms with van der Waals surface area (Å²) in [7, 11) is 0. The van der Waals surface area contributed by atoms with Crippen molar-refractivity contribution in [2.45, 2.75) is 38.6 Å². The molecule has 15 heavy (non-hydrogen) atoms. The number of nitrogens with one attached hydrogen (secondary N) is 2. The summed E-state index contributed by atoms with van der Waals surface area (Å²) in [6.07, 6.45) is 3.12. The van der Waals surface area contributed by atoms with Crippen molar-refractivity contribution in [2.75, 3.05) is 13.1 Å². The molecule has 0 aromatic carbocycles. The number of carbonyl (C=O) groups is 1. The maximum Gasteiger partial charge on any atom is 0.223 e. The Balaban J connectivity index is 2.18. The molecule has 0 bridgehead atoms. The lowest BCUT2D eigenvalue weighted by atomic mass is 9.92. The SMILES string of the molecule is CC1CC(C(=O)NCCCC#N)CCN1. The van der Waals surface area contributed by atoms with Gasteiger partial charge in [0, 0.05) is 24.9 Å². The number of nitriles is 1. The van der Waals surface area contributed by atoms with Crippen LogP contribution in [0.3, 0.4) is 0 Å². The molecular weight excluding hydrogens is 190 g/mol. The van der Waals surface area contributed by atoms with Gasteiger partial charge in [0.15, 0.2) is 0 Å². The molecule has 1 amide bonds. The van der Waals surface area contributed by atoms with Crippen LogP contribution < -0.4 is 10.6 Å². The van der Waals surface area contributed by atoms with Crippen molar-refractivity contribution in [1.82, 2.24) is 10.6 Å². The smallest absolute Gasteiger partial charge is 0.223 e. The molecule has 0 aliphatic carbocycles. The van der Waals surface area contributed by atoms with Gasteiger partial charge in [-0.05, 0) is 32.7 Å². The lowest BCUT2D eigenvalue weighted by molar-refractivity contribution is -0.126. The number of hydrogen-bond donors (Lipinski definition) is 2. The van der Waals surface area contributed by atoms with Gasteiger partial charge in [-0.1, -0.05) is 0 Å². The predicted octanol–water partition coefficient (Wildman–Crippen LogP) is 0.794. The van der Waals surface area contributed by atoms with E-state index in [0.717, 1.165) is 25.8 Å². The Bertz CT molecular complexity index is 247. The zero-order chi connectivity index (χ0) is 11.1. The standard InChI is InChI=1S/C11H19N3O/c1-9-8-10(4-7-13-9)11(15)14-6-3-2-5-12/h9-10,13H,2-4,6-8H2,1H3,(H,14,15). The van der Waals surface area contributed by atoms with Gasteiger partial charge in [-0.2, -0.15) is 5.26 Å². The lowest BCUT2D eigenvalue weighted by Crippen LogP contribution is -2.42. The summed E-state index contributed by atoms with van der Waals surface area (Å²) in [5.74, 6) is 0.310. The third kappa shape index (κ3) is 4.30. The van der Waals surface area contributed by atoms with Crippen molar-refractivity contribution < 1.29 is 4.79 Å². The van der Waals surface area contributed by atoms with Gasteiger partial charge in [-0.25, -0.2) is 0 Å². The number of nitrogens with zero attached hydrogens (tertiary/aromatic N) is 1. The van der Waals surface area contributed by atoms with Crippen LogP contribution >= 0.6 is 0 Å². The van der Waals surface area contributed by atoms with Crippen LogP contribution in [0.1, 0.15) is 32.6 Å². The zero-order valence-electron chi connectivity index (χ0n) is 9.25. The predicted molar refractivity (Wildman–Crippen MR) is 58.0 cm³/mol. The summed E-state index contributed by atoms with van der Waals surface area (Å²) in [5.41, 5.74) is 0. The highest BCUT2D eigenvalue weighted by atomic mass is 16.1. The van der Waals surface area contributed by atoms with Gasteiger partial charge in [0.1, 0.15) is 0 Å². The molecule has 1 aliphatic heterocycles. The highest BCUT2D eigenvalue weighted by Crippen LogP contribution is 2.15. The van der Waals surface area contributed by atoms with Gasteiger partial charge in [-0.15, -0.1) is 0 Å². The van der Waals surface area contributed by atoms with E-state index in [2.05, 4.69) is 23.6 Å². The molecule has 84 valence electrons. The Morgan fingerprint density at radius 2 is 2.47 bits per heavy atom. The Labute approximate surface area is 91.0 Å². The quantitative estimate of drug-likeness (QED) is 0.673. The minimum absolute atomic E-state index is 0.154. The molecule has 0 spiro atoms. The van der Waals surface area contributed by atoms with E-state index in [1.165, 1.54) is 0 Å². The molecular formula is C11H19N3O. The highest BCUT2D eigenvalue weighted by Gasteiger charge is 2.23. The molecule has 2 atom stereocenters. The Morgan fingerprint density at radius 1 is 1.67 bits per heavy atom. The van der Waals surface area contributed by atoms with Gasteiger partial charge in [-0.3, -0.25) is 4.79 Å². The minimum atomic E-state index is 0.154. The largest absolute Gasteiger partial charge is 0.356 e. The molecule has 1 heterocycles. The van der Waals surface area contributed by atoms with Crippen LogP contribution in [0.2, 0.25) is 0 Å². The maximum absolute atomic E-state index is 11.7. The summed E-state index contributed by atoms with van der Waals surface area (Å²) in [4.78, 5) is 11.7. The normalized spacial score (nSPS) is 25.6. The highest BCUT2D eigenvalue weighted by molar-refractivity contribution is 5.78. The van der Waals surface area contributed by atoms with Crippen molar-refractivity contribution >= 4 is 5.91 Å². The number of hydrogen-bond acceptors (Lipinski definition) is 3.